The van der Waals surface area contributed by atoms with Gasteiger partial charge in [-0.25, -0.2) is 16.8 Å². The van der Waals surface area contributed by atoms with E-state index in [-0.39, 0.29) is 9.79 Å². The van der Waals surface area contributed by atoms with Gasteiger partial charge in [-0.1, -0.05) is 32.1 Å². The van der Waals surface area contributed by atoms with Gasteiger partial charge in [0.1, 0.15) is 0 Å². The van der Waals surface area contributed by atoms with Gasteiger partial charge in [-0.05, 0) is 61.7 Å². The molecule has 2 rings (SSSR count). The molecule has 0 fully saturated rings. The van der Waals surface area contributed by atoms with Crippen LogP contribution in [0.1, 0.15) is 32.3 Å². The summed E-state index contributed by atoms with van der Waals surface area (Å²) in [6, 6.07) is 11.3. The minimum absolute atomic E-state index is 0.133. The molecule has 9 heteroatoms. The molecule has 0 spiro atoms. The average molecular weight is 437 g/mol. The van der Waals surface area contributed by atoms with Gasteiger partial charge in [0.2, 0.25) is 0 Å². The van der Waals surface area contributed by atoms with Crippen molar-refractivity contribution in [3.05, 3.63) is 66.2 Å². The molecule has 1 amide bonds. The van der Waals surface area contributed by atoms with E-state index in [1.54, 1.807) is 23.2 Å². The average Bonchev–Trinajstić information content (AvgIpc) is 2.66. The summed E-state index contributed by atoms with van der Waals surface area (Å²) >= 11 is 0. The van der Waals surface area contributed by atoms with Crippen LogP contribution in [0.2, 0.25) is 0 Å². The summed E-state index contributed by atoms with van der Waals surface area (Å²) in [5.41, 5.74) is 1.65. The Labute approximate surface area is 172 Å². The zero-order valence-corrected chi connectivity index (χ0v) is 17.9. The molecule has 0 aliphatic rings. The maximum Gasteiger partial charge on any atom is 0.253 e. The summed E-state index contributed by atoms with van der Waals surface area (Å²) < 4.78 is 51.7. The first kappa shape index (κ1) is 22.8. The number of unbranched alkanes of at least 4 members (excludes halogenated alkanes) is 1. The molecule has 7 nitrogen and oxygen atoms in total. The largest absolute Gasteiger partial charge is 0.322 e. The van der Waals surface area contributed by atoms with Crippen LogP contribution in [-0.4, -0.2) is 22.7 Å². The molecule has 0 atom stereocenters. The lowest BCUT2D eigenvalue weighted by atomic mass is 10.1. The van der Waals surface area contributed by atoms with Crippen LogP contribution in [0.15, 0.2) is 70.5 Å². The number of anilines is 1. The van der Waals surface area contributed by atoms with Gasteiger partial charge < -0.3 is 5.32 Å². The third-order valence-electron chi connectivity index (χ3n) is 4.08. The number of benzene rings is 2. The fraction of sp³-hybridized carbons (Fsp3) is 0.250. The molecule has 2 aromatic rings. The number of aryl methyl sites for hydroxylation is 1. The molecule has 0 saturated carbocycles. The van der Waals surface area contributed by atoms with Crippen molar-refractivity contribution in [1.82, 2.24) is 4.13 Å². The summed E-state index contributed by atoms with van der Waals surface area (Å²) in [6.45, 7) is 7.12. The lowest BCUT2D eigenvalue weighted by molar-refractivity contribution is -0.112. The monoisotopic (exact) mass is 436 g/mol. The predicted octanol–water partition coefficient (Wildman–Crippen LogP) is 3.21. The highest BCUT2D eigenvalue weighted by molar-refractivity contribution is 8.04. The summed E-state index contributed by atoms with van der Waals surface area (Å²) in [5.74, 6) is -0.399. The van der Waals surface area contributed by atoms with Gasteiger partial charge >= 0.3 is 0 Å². The van der Waals surface area contributed by atoms with Crippen molar-refractivity contribution in [2.45, 2.75) is 42.9 Å². The first-order valence-electron chi connectivity index (χ1n) is 8.99. The lowest BCUT2D eigenvalue weighted by Crippen LogP contribution is -2.30. The molecular formula is C20H24N2O5S2. The number of rotatable bonds is 9. The molecule has 156 valence electrons. The summed E-state index contributed by atoms with van der Waals surface area (Å²) in [4.78, 5) is 11.2. The van der Waals surface area contributed by atoms with Crippen molar-refractivity contribution < 1.29 is 21.6 Å². The van der Waals surface area contributed by atoms with Gasteiger partial charge in [-0.3, -0.25) is 4.79 Å². The molecular weight excluding hydrogens is 412 g/mol. The summed E-state index contributed by atoms with van der Waals surface area (Å²) in [6.07, 6.45) is 2.84. The Balaban J connectivity index is 2.16. The van der Waals surface area contributed by atoms with Crippen molar-refractivity contribution in [2.24, 2.45) is 0 Å². The topological polar surface area (TPSA) is 109 Å². The van der Waals surface area contributed by atoms with E-state index in [9.17, 15) is 21.6 Å². The fourth-order valence-electron chi connectivity index (χ4n) is 2.41. The van der Waals surface area contributed by atoms with Crippen molar-refractivity contribution in [3.63, 3.8) is 0 Å². The summed E-state index contributed by atoms with van der Waals surface area (Å²) in [5, 5.41) is 2.54. The molecule has 0 aliphatic carbocycles. The Morgan fingerprint density at radius 2 is 1.38 bits per heavy atom. The van der Waals surface area contributed by atoms with Gasteiger partial charge in [0.05, 0.1) is 9.79 Å². The second kappa shape index (κ2) is 9.34. The fourth-order valence-corrected chi connectivity index (χ4v) is 5.33. The van der Waals surface area contributed by atoms with Gasteiger partial charge in [-0.2, -0.15) is 0 Å². The number of sulfonamides is 2. The minimum Gasteiger partial charge on any atom is -0.322 e. The van der Waals surface area contributed by atoms with E-state index in [1.807, 2.05) is 0 Å². The van der Waals surface area contributed by atoms with Crippen molar-refractivity contribution in [1.29, 1.82) is 0 Å². The van der Waals surface area contributed by atoms with E-state index in [0.717, 1.165) is 24.8 Å². The van der Waals surface area contributed by atoms with Gasteiger partial charge in [0, 0.05) is 11.3 Å². The molecule has 0 heterocycles. The lowest BCUT2D eigenvalue weighted by Gasteiger charge is -2.10. The SMILES string of the molecule is C=C(C)C(=O)Nc1ccc(S(=O)(=O)NS(=O)(=O)c2ccc(CCCC)cc2)cc1. The highest BCUT2D eigenvalue weighted by Crippen LogP contribution is 2.18. The molecule has 29 heavy (non-hydrogen) atoms. The van der Waals surface area contributed by atoms with Gasteiger partial charge in [0.25, 0.3) is 26.0 Å². The molecule has 0 radical (unpaired) electrons. The summed E-state index contributed by atoms with van der Waals surface area (Å²) in [7, 11) is -8.58. The van der Waals surface area contributed by atoms with Crippen LogP contribution in [0.3, 0.4) is 0 Å². The molecule has 0 saturated heterocycles. The van der Waals surface area contributed by atoms with Crippen LogP contribution in [0.4, 0.5) is 5.69 Å². The first-order chi connectivity index (χ1) is 13.5. The van der Waals surface area contributed by atoms with Crippen LogP contribution in [-0.2, 0) is 31.3 Å². The standard InChI is InChI=1S/C20H24N2O5S2/c1-4-5-6-16-7-11-18(12-8-16)28(24,25)22-29(26,27)19-13-9-17(10-14-19)21-20(23)15(2)3/h7-14,22H,2,4-6H2,1,3H3,(H,21,23). The predicted molar refractivity (Wildman–Crippen MR) is 112 cm³/mol. The molecule has 0 unspecified atom stereocenters. The van der Waals surface area contributed by atoms with E-state index in [1.165, 1.54) is 36.4 Å². The molecule has 0 bridgehead atoms. The molecule has 2 N–H and O–H groups in total. The Bertz CT molecular complexity index is 1090. The molecule has 0 aromatic heterocycles. The Hall–Kier alpha value is -2.49. The van der Waals surface area contributed by atoms with Gasteiger partial charge in [0.15, 0.2) is 0 Å². The Morgan fingerprint density at radius 1 is 0.897 bits per heavy atom. The van der Waals surface area contributed by atoms with E-state index >= 15 is 0 Å². The van der Waals surface area contributed by atoms with Crippen LogP contribution in [0.5, 0.6) is 0 Å². The molecule has 2 aromatic carbocycles. The number of carbonyl (C=O) groups excluding carboxylic acids is 1. The quantitative estimate of drug-likeness (QED) is 0.587. The van der Waals surface area contributed by atoms with E-state index in [0.29, 0.717) is 11.3 Å². The van der Waals surface area contributed by atoms with Crippen LogP contribution in [0, 0.1) is 0 Å². The Kier molecular flexibility index (Phi) is 7.34. The zero-order chi connectivity index (χ0) is 21.7. The maximum absolute atomic E-state index is 12.5. The van der Waals surface area contributed by atoms with Gasteiger partial charge in [-0.15, -0.1) is 4.13 Å². The number of nitrogens with one attached hydrogen (secondary N) is 2. The number of hydrogen-bond acceptors (Lipinski definition) is 5. The van der Waals surface area contributed by atoms with Crippen LogP contribution >= 0.6 is 0 Å². The molecule has 0 aliphatic heterocycles. The third-order valence-corrected chi connectivity index (χ3v) is 7.62. The highest BCUT2D eigenvalue weighted by Gasteiger charge is 2.24. The third kappa shape index (κ3) is 6.25. The normalized spacial score (nSPS) is 11.8. The van der Waals surface area contributed by atoms with Crippen molar-refractivity contribution >= 4 is 31.6 Å². The zero-order valence-electron chi connectivity index (χ0n) is 16.3. The van der Waals surface area contributed by atoms with E-state index in [4.69, 9.17) is 0 Å². The number of hydrogen-bond donors (Lipinski definition) is 2. The van der Waals surface area contributed by atoms with Crippen LogP contribution < -0.4 is 9.44 Å². The Morgan fingerprint density at radius 3 is 1.83 bits per heavy atom. The number of amides is 1. The second-order valence-electron chi connectivity index (χ2n) is 6.60. The van der Waals surface area contributed by atoms with Crippen LogP contribution in [0.25, 0.3) is 0 Å². The maximum atomic E-state index is 12.5. The number of carbonyl (C=O) groups is 1. The minimum atomic E-state index is -4.32. The van der Waals surface area contributed by atoms with Crippen molar-refractivity contribution in [3.8, 4) is 0 Å². The van der Waals surface area contributed by atoms with E-state index < -0.39 is 26.0 Å². The van der Waals surface area contributed by atoms with E-state index in [2.05, 4.69) is 18.8 Å². The second-order valence-corrected chi connectivity index (χ2v) is 10.2. The smallest absolute Gasteiger partial charge is 0.253 e. The van der Waals surface area contributed by atoms with Crippen molar-refractivity contribution in [2.75, 3.05) is 5.32 Å². The highest BCUT2D eigenvalue weighted by atomic mass is 32.3. The first-order valence-corrected chi connectivity index (χ1v) is 12.0.